The number of carbonyl (C=O) groups excluding carboxylic acids is 2. The molecule has 4 rings (SSSR count). The van der Waals surface area contributed by atoms with Crippen molar-refractivity contribution in [3.63, 3.8) is 0 Å². The van der Waals surface area contributed by atoms with Gasteiger partial charge in [0.1, 0.15) is 5.78 Å². The van der Waals surface area contributed by atoms with E-state index < -0.39 is 17.3 Å². The third-order valence-electron chi connectivity index (χ3n) is 7.28. The van der Waals surface area contributed by atoms with Crippen molar-refractivity contribution in [1.82, 2.24) is 10.3 Å². The Morgan fingerprint density at radius 2 is 1.67 bits per heavy atom. The minimum absolute atomic E-state index is 0.0109. The van der Waals surface area contributed by atoms with Gasteiger partial charge >= 0.3 is 5.97 Å². The summed E-state index contributed by atoms with van der Waals surface area (Å²) in [6, 6.07) is 15.7. The maximum atomic E-state index is 13.9. The number of ketones is 1. The molecule has 1 aliphatic rings. The molecule has 0 fully saturated rings. The fourth-order valence-corrected chi connectivity index (χ4v) is 5.33. The van der Waals surface area contributed by atoms with Crippen molar-refractivity contribution >= 4 is 28.6 Å². The van der Waals surface area contributed by atoms with Crippen LogP contribution in [0.25, 0.3) is 10.9 Å². The molecular weight excluding hydrogens is 454 g/mol. The third-order valence-corrected chi connectivity index (χ3v) is 7.28. The lowest BCUT2D eigenvalue weighted by Crippen LogP contribution is -2.44. The zero-order chi connectivity index (χ0) is 25.9. The summed E-state index contributed by atoms with van der Waals surface area (Å²) in [5.41, 5.74) is 2.99. The summed E-state index contributed by atoms with van der Waals surface area (Å²) in [5, 5.41) is 13.8. The molecule has 7 nitrogen and oxygen atoms in total. The van der Waals surface area contributed by atoms with E-state index in [1.54, 1.807) is 0 Å². The Morgan fingerprint density at radius 3 is 2.31 bits per heavy atom. The average Bonchev–Trinajstić information content (AvgIpc) is 3.39. The molecule has 1 amide bonds. The largest absolute Gasteiger partial charge is 0.481 e. The number of fused-ring (bicyclic) bond motifs is 2. The first-order valence-electron chi connectivity index (χ1n) is 12.5. The number of quaternary nitrogens is 1. The minimum atomic E-state index is -1.02. The number of likely N-dealkylation sites (N-methyl/N-ethyl adjacent to an activating group) is 1. The second-order valence-corrected chi connectivity index (χ2v) is 11.2. The summed E-state index contributed by atoms with van der Waals surface area (Å²) >= 11 is 0. The Morgan fingerprint density at radius 1 is 1.03 bits per heavy atom. The quantitative estimate of drug-likeness (QED) is 0.359. The molecule has 1 heterocycles. The molecule has 7 heteroatoms. The number of para-hydroxylation sites is 1. The van der Waals surface area contributed by atoms with E-state index in [9.17, 15) is 19.5 Å². The number of carboxylic acids is 1. The summed E-state index contributed by atoms with van der Waals surface area (Å²) in [7, 11) is 6.19. The third kappa shape index (κ3) is 5.85. The maximum Gasteiger partial charge on any atom is 0.304 e. The highest BCUT2D eigenvalue weighted by Crippen LogP contribution is 2.42. The van der Waals surface area contributed by atoms with E-state index in [-0.39, 0.29) is 24.5 Å². The molecule has 0 saturated carbocycles. The fourth-order valence-electron chi connectivity index (χ4n) is 5.33. The normalized spacial score (nSPS) is 15.4. The highest BCUT2D eigenvalue weighted by Gasteiger charge is 2.46. The molecule has 0 aliphatic heterocycles. The van der Waals surface area contributed by atoms with Crippen molar-refractivity contribution < 1.29 is 24.0 Å². The molecule has 1 atom stereocenters. The summed E-state index contributed by atoms with van der Waals surface area (Å²) in [6.45, 7) is 1.27. The maximum absolute atomic E-state index is 13.9. The molecule has 0 bridgehead atoms. The highest BCUT2D eigenvalue weighted by atomic mass is 16.4. The second-order valence-electron chi connectivity index (χ2n) is 11.2. The smallest absolute Gasteiger partial charge is 0.304 e. The van der Waals surface area contributed by atoms with Gasteiger partial charge in [0.2, 0.25) is 5.91 Å². The van der Waals surface area contributed by atoms with Crippen molar-refractivity contribution in [1.29, 1.82) is 0 Å². The van der Waals surface area contributed by atoms with Gasteiger partial charge in [-0.2, -0.15) is 0 Å². The van der Waals surface area contributed by atoms with Crippen LogP contribution in [0.3, 0.4) is 0 Å². The summed E-state index contributed by atoms with van der Waals surface area (Å²) in [5.74, 6) is -1.88. The molecular formula is C29H36N3O4+. The van der Waals surface area contributed by atoms with Crippen LogP contribution in [0.15, 0.2) is 54.7 Å². The predicted molar refractivity (Wildman–Crippen MR) is 140 cm³/mol. The number of H-pyrrole nitrogens is 1. The number of Topliss-reactive ketones (excluding diaryl/α,β-unsaturated/α-hetero) is 1. The van der Waals surface area contributed by atoms with Gasteiger partial charge in [-0.25, -0.2) is 0 Å². The van der Waals surface area contributed by atoms with Crippen LogP contribution in [0.5, 0.6) is 0 Å². The Bertz CT molecular complexity index is 1250. The van der Waals surface area contributed by atoms with E-state index in [0.29, 0.717) is 30.3 Å². The topological polar surface area (TPSA) is 99.3 Å². The van der Waals surface area contributed by atoms with Crippen LogP contribution >= 0.6 is 0 Å². The molecule has 0 saturated heterocycles. The predicted octanol–water partition coefficient (Wildman–Crippen LogP) is 3.37. The number of aromatic nitrogens is 1. The molecule has 190 valence electrons. The van der Waals surface area contributed by atoms with Gasteiger partial charge in [0.25, 0.3) is 0 Å². The van der Waals surface area contributed by atoms with Crippen LogP contribution in [0.4, 0.5) is 0 Å². The number of nitrogens with zero attached hydrogens (tertiary/aromatic N) is 1. The van der Waals surface area contributed by atoms with Crippen molar-refractivity contribution in [3.8, 4) is 0 Å². The first kappa shape index (κ1) is 25.6. The van der Waals surface area contributed by atoms with E-state index in [4.69, 9.17) is 0 Å². The summed E-state index contributed by atoms with van der Waals surface area (Å²) < 4.78 is 0.715. The number of carbonyl (C=O) groups is 3. The molecule has 36 heavy (non-hydrogen) atoms. The van der Waals surface area contributed by atoms with E-state index in [2.05, 4.69) is 31.4 Å². The second kappa shape index (κ2) is 10.3. The monoisotopic (exact) mass is 490 g/mol. The SMILES string of the molecule is C[N+](C)(C)CCNC(=O)[C@@H](CC(=O)C1(CC(=O)O)Cc2ccccc2C1)Cc1c[nH]c2ccccc12. The van der Waals surface area contributed by atoms with Crippen molar-refractivity contribution in [3.05, 3.63) is 71.4 Å². The van der Waals surface area contributed by atoms with E-state index in [1.165, 1.54) is 0 Å². The molecule has 0 radical (unpaired) electrons. The lowest BCUT2D eigenvalue weighted by molar-refractivity contribution is -0.869. The van der Waals surface area contributed by atoms with Crippen molar-refractivity contribution in [2.24, 2.45) is 11.3 Å². The number of amides is 1. The van der Waals surface area contributed by atoms with Gasteiger partial charge in [0.15, 0.2) is 0 Å². The van der Waals surface area contributed by atoms with E-state index >= 15 is 0 Å². The Labute approximate surface area is 212 Å². The molecule has 2 aromatic carbocycles. The average molecular weight is 491 g/mol. The summed E-state index contributed by atoms with van der Waals surface area (Å²) in [4.78, 5) is 42.3. The Balaban J connectivity index is 1.58. The number of nitrogens with one attached hydrogen (secondary N) is 2. The standard InChI is InChI=1S/C29H35N3O4/c1-32(2,3)13-12-30-28(36)22(14-23-19-31-25-11-7-6-10-24(23)25)15-26(33)29(18-27(34)35)16-20-8-4-5-9-21(20)17-29/h4-11,19,22,31H,12-18H2,1-3H3,(H-,30,34,35,36)/p+1/t22-/m1/s1. The van der Waals surface area contributed by atoms with Crippen LogP contribution in [-0.4, -0.2) is 66.5 Å². The van der Waals surface area contributed by atoms with Crippen molar-refractivity contribution in [2.45, 2.75) is 32.1 Å². The molecule has 3 N–H and O–H groups in total. The van der Waals surface area contributed by atoms with Gasteiger partial charge in [-0.15, -0.1) is 0 Å². The minimum Gasteiger partial charge on any atom is -0.481 e. The lowest BCUT2D eigenvalue weighted by atomic mass is 9.74. The van der Waals surface area contributed by atoms with Crippen molar-refractivity contribution in [2.75, 3.05) is 34.2 Å². The number of aliphatic carboxylic acids is 1. The number of benzene rings is 2. The van der Waals surface area contributed by atoms with Gasteiger partial charge in [-0.3, -0.25) is 14.4 Å². The first-order valence-corrected chi connectivity index (χ1v) is 12.5. The number of hydrogen-bond donors (Lipinski definition) is 3. The van der Waals surface area contributed by atoms with Crippen LogP contribution in [0.2, 0.25) is 0 Å². The van der Waals surface area contributed by atoms with Gasteiger partial charge in [0.05, 0.1) is 40.7 Å². The molecule has 0 spiro atoms. The summed E-state index contributed by atoms with van der Waals surface area (Å²) in [6.07, 6.45) is 2.89. The van der Waals surface area contributed by atoms with Gasteiger partial charge < -0.3 is 19.9 Å². The van der Waals surface area contributed by atoms with Gasteiger partial charge in [0, 0.05) is 34.9 Å². The van der Waals surface area contributed by atoms with E-state index in [1.807, 2.05) is 54.7 Å². The number of aromatic amines is 1. The van der Waals surface area contributed by atoms with Gasteiger partial charge in [-0.05, 0) is 42.0 Å². The zero-order valence-corrected chi connectivity index (χ0v) is 21.3. The Hall–Kier alpha value is -3.45. The van der Waals surface area contributed by atoms with E-state index in [0.717, 1.165) is 34.1 Å². The first-order chi connectivity index (χ1) is 17.1. The van der Waals surface area contributed by atoms with Crippen LogP contribution < -0.4 is 5.32 Å². The highest BCUT2D eigenvalue weighted by molar-refractivity contribution is 5.94. The lowest BCUT2D eigenvalue weighted by Gasteiger charge is -2.28. The van der Waals surface area contributed by atoms with Crippen LogP contribution in [0.1, 0.15) is 29.5 Å². The Kier molecular flexibility index (Phi) is 7.31. The molecule has 1 aromatic heterocycles. The van der Waals surface area contributed by atoms with Crippen LogP contribution in [0, 0.1) is 11.3 Å². The van der Waals surface area contributed by atoms with Gasteiger partial charge in [-0.1, -0.05) is 42.5 Å². The van der Waals surface area contributed by atoms with Crippen LogP contribution in [-0.2, 0) is 33.6 Å². The zero-order valence-electron chi connectivity index (χ0n) is 21.3. The molecule has 3 aromatic rings. The molecule has 1 aliphatic carbocycles. The number of hydrogen-bond acceptors (Lipinski definition) is 3. The number of rotatable bonds is 11. The fraction of sp³-hybridized carbons (Fsp3) is 0.414. The number of carboxylic acid groups (broad SMARTS) is 1. The molecule has 0 unspecified atom stereocenters.